The zero-order valence-corrected chi connectivity index (χ0v) is 15.6. The van der Waals surface area contributed by atoms with Crippen LogP contribution in [-0.2, 0) is 16.4 Å². The summed E-state index contributed by atoms with van der Waals surface area (Å²) in [6.07, 6.45) is 1.71. The van der Waals surface area contributed by atoms with Crippen LogP contribution in [0.4, 0.5) is 11.8 Å². The molecule has 2 aliphatic rings. The van der Waals surface area contributed by atoms with Crippen molar-refractivity contribution < 1.29 is 12.9 Å². The molecule has 4 heterocycles. The van der Waals surface area contributed by atoms with Crippen LogP contribution in [-0.4, -0.2) is 67.3 Å². The Hall–Kier alpha value is -2.20. The number of nitrogens with zero attached hydrogens (tertiary/aromatic N) is 5. The zero-order chi connectivity index (χ0) is 18.3. The molecule has 2 fully saturated rings. The highest BCUT2D eigenvalue weighted by molar-refractivity contribution is 7.91. The number of nitrogens with one attached hydrogen (secondary N) is 1. The summed E-state index contributed by atoms with van der Waals surface area (Å²) < 4.78 is 29.3. The molecule has 26 heavy (non-hydrogen) atoms. The van der Waals surface area contributed by atoms with E-state index in [1.54, 1.807) is 6.20 Å². The SMILES string of the molecule is Cc1cc(CN(C)c2nccc(N3CCN[C@H]4CS(=O)(=O)C[C@H]43)n2)on1. The van der Waals surface area contributed by atoms with Crippen LogP contribution in [0.25, 0.3) is 0 Å². The molecule has 2 aliphatic heterocycles. The first-order valence-electron chi connectivity index (χ1n) is 8.58. The van der Waals surface area contributed by atoms with Crippen molar-refractivity contribution in [3.63, 3.8) is 0 Å². The van der Waals surface area contributed by atoms with Crippen LogP contribution in [0, 0.1) is 6.92 Å². The summed E-state index contributed by atoms with van der Waals surface area (Å²) in [6.45, 7) is 3.84. The predicted molar refractivity (Wildman–Crippen MR) is 97.0 cm³/mol. The maximum absolute atomic E-state index is 12.0. The van der Waals surface area contributed by atoms with Crippen LogP contribution in [0.2, 0.25) is 0 Å². The first kappa shape index (κ1) is 17.2. The third-order valence-corrected chi connectivity index (χ3v) is 6.53. The van der Waals surface area contributed by atoms with Crippen LogP contribution < -0.4 is 15.1 Å². The molecule has 2 atom stereocenters. The Bertz CT molecular complexity index is 899. The lowest BCUT2D eigenvalue weighted by Gasteiger charge is -2.38. The Morgan fingerprint density at radius 1 is 1.42 bits per heavy atom. The number of hydrogen-bond acceptors (Lipinski definition) is 9. The van der Waals surface area contributed by atoms with Gasteiger partial charge in [-0.05, 0) is 13.0 Å². The molecule has 1 N–H and O–H groups in total. The van der Waals surface area contributed by atoms with E-state index >= 15 is 0 Å². The number of aromatic nitrogens is 3. The lowest BCUT2D eigenvalue weighted by molar-refractivity contribution is 0.378. The average molecular weight is 378 g/mol. The van der Waals surface area contributed by atoms with E-state index in [4.69, 9.17) is 4.52 Å². The second-order valence-corrected chi connectivity index (χ2v) is 9.06. The largest absolute Gasteiger partial charge is 0.359 e. The number of hydrogen-bond donors (Lipinski definition) is 1. The van der Waals surface area contributed by atoms with Gasteiger partial charge in [-0.15, -0.1) is 0 Å². The van der Waals surface area contributed by atoms with E-state index in [1.165, 1.54) is 0 Å². The van der Waals surface area contributed by atoms with Crippen molar-refractivity contribution in [2.45, 2.75) is 25.6 Å². The molecule has 0 spiro atoms. The van der Waals surface area contributed by atoms with Crippen LogP contribution in [0.5, 0.6) is 0 Å². The number of aryl methyl sites for hydroxylation is 1. The van der Waals surface area contributed by atoms with Gasteiger partial charge in [0.15, 0.2) is 15.6 Å². The summed E-state index contributed by atoms with van der Waals surface area (Å²) in [5.74, 6) is 2.41. The molecule has 0 aromatic carbocycles. The maximum atomic E-state index is 12.0. The van der Waals surface area contributed by atoms with Gasteiger partial charge in [-0.25, -0.2) is 13.4 Å². The van der Waals surface area contributed by atoms with Crippen LogP contribution in [0.3, 0.4) is 0 Å². The van der Waals surface area contributed by atoms with E-state index in [2.05, 4.69) is 25.3 Å². The highest BCUT2D eigenvalue weighted by Gasteiger charge is 2.43. The lowest BCUT2D eigenvalue weighted by atomic mass is 10.1. The minimum atomic E-state index is -3.01. The van der Waals surface area contributed by atoms with Gasteiger partial charge in [0.2, 0.25) is 5.95 Å². The minimum absolute atomic E-state index is 0.0398. The maximum Gasteiger partial charge on any atom is 0.227 e. The van der Waals surface area contributed by atoms with Gasteiger partial charge in [-0.2, -0.15) is 4.98 Å². The van der Waals surface area contributed by atoms with Crippen molar-refractivity contribution in [1.29, 1.82) is 0 Å². The van der Waals surface area contributed by atoms with Gasteiger partial charge in [0.25, 0.3) is 0 Å². The molecular formula is C16H22N6O3S. The number of sulfone groups is 1. The summed E-state index contributed by atoms with van der Waals surface area (Å²) in [5, 5.41) is 7.20. The van der Waals surface area contributed by atoms with E-state index in [0.29, 0.717) is 12.5 Å². The summed E-state index contributed by atoms with van der Waals surface area (Å²) in [5.41, 5.74) is 0.831. The van der Waals surface area contributed by atoms with Crippen LogP contribution in [0.15, 0.2) is 22.9 Å². The smallest absolute Gasteiger partial charge is 0.227 e. The monoisotopic (exact) mass is 378 g/mol. The molecule has 0 radical (unpaired) electrons. The van der Waals surface area contributed by atoms with E-state index < -0.39 is 9.84 Å². The fourth-order valence-electron chi connectivity index (χ4n) is 3.63. The Kier molecular flexibility index (Phi) is 4.31. The van der Waals surface area contributed by atoms with Crippen molar-refractivity contribution in [3.8, 4) is 0 Å². The number of fused-ring (bicyclic) bond motifs is 1. The number of piperazine rings is 1. The molecule has 0 aliphatic carbocycles. The first-order valence-corrected chi connectivity index (χ1v) is 10.4. The van der Waals surface area contributed by atoms with Gasteiger partial charge in [-0.1, -0.05) is 5.16 Å². The van der Waals surface area contributed by atoms with Crippen LogP contribution in [0.1, 0.15) is 11.5 Å². The number of rotatable bonds is 4. The van der Waals surface area contributed by atoms with Crippen molar-refractivity contribution in [2.24, 2.45) is 0 Å². The lowest BCUT2D eigenvalue weighted by Crippen LogP contribution is -2.57. The van der Waals surface area contributed by atoms with E-state index in [0.717, 1.165) is 30.4 Å². The van der Waals surface area contributed by atoms with Gasteiger partial charge in [0.1, 0.15) is 5.82 Å². The Balaban J connectivity index is 1.55. The van der Waals surface area contributed by atoms with E-state index in [1.807, 2.05) is 31.0 Å². The zero-order valence-electron chi connectivity index (χ0n) is 14.8. The summed E-state index contributed by atoms with van der Waals surface area (Å²) in [7, 11) is -1.13. The molecule has 2 saturated heterocycles. The second kappa shape index (κ2) is 6.51. The Morgan fingerprint density at radius 2 is 2.27 bits per heavy atom. The van der Waals surface area contributed by atoms with E-state index in [9.17, 15) is 8.42 Å². The van der Waals surface area contributed by atoms with Gasteiger partial charge in [-0.3, -0.25) is 0 Å². The van der Waals surface area contributed by atoms with Crippen molar-refractivity contribution in [1.82, 2.24) is 20.4 Å². The topological polar surface area (TPSA) is 104 Å². The predicted octanol–water partition coefficient (Wildman–Crippen LogP) is -0.0154. The second-order valence-electron chi connectivity index (χ2n) is 6.90. The van der Waals surface area contributed by atoms with Gasteiger partial charge < -0.3 is 19.6 Å². The Morgan fingerprint density at radius 3 is 3.04 bits per heavy atom. The average Bonchev–Trinajstić information content (AvgIpc) is 3.15. The molecule has 140 valence electrons. The highest BCUT2D eigenvalue weighted by atomic mass is 32.2. The molecule has 2 aromatic heterocycles. The van der Waals surface area contributed by atoms with Gasteiger partial charge in [0.05, 0.1) is 29.8 Å². The normalized spacial score (nSPS) is 24.5. The molecule has 10 heteroatoms. The molecule has 9 nitrogen and oxygen atoms in total. The summed E-state index contributed by atoms with van der Waals surface area (Å²) >= 11 is 0. The minimum Gasteiger partial charge on any atom is -0.359 e. The fourth-order valence-corrected chi connectivity index (χ4v) is 5.59. The molecular weight excluding hydrogens is 356 g/mol. The standard InChI is InChI=1S/C16H22N6O3S/c1-11-7-12(25-20-11)8-21(2)16-18-4-3-15(19-16)22-6-5-17-13-9-26(23,24)10-14(13)22/h3-4,7,13-14,17H,5-6,8-10H2,1-2H3/t13-,14+/m0/s1. The van der Waals surface area contributed by atoms with E-state index in [-0.39, 0.29) is 23.6 Å². The molecule has 0 amide bonds. The van der Waals surface area contributed by atoms with Crippen molar-refractivity contribution in [3.05, 3.63) is 29.8 Å². The van der Waals surface area contributed by atoms with Crippen molar-refractivity contribution in [2.75, 3.05) is 41.4 Å². The first-order chi connectivity index (χ1) is 12.4. The summed E-state index contributed by atoms with van der Waals surface area (Å²) in [6, 6.07) is 3.59. The van der Waals surface area contributed by atoms with Crippen molar-refractivity contribution >= 4 is 21.6 Å². The van der Waals surface area contributed by atoms with Crippen LogP contribution >= 0.6 is 0 Å². The van der Waals surface area contributed by atoms with Gasteiger partial charge >= 0.3 is 0 Å². The quantitative estimate of drug-likeness (QED) is 0.786. The number of anilines is 2. The van der Waals surface area contributed by atoms with Gasteiger partial charge in [0, 0.05) is 38.4 Å². The molecule has 0 bridgehead atoms. The Labute approximate surface area is 152 Å². The third-order valence-electron chi connectivity index (χ3n) is 4.82. The molecule has 2 aromatic rings. The molecule has 4 rings (SSSR count). The fraction of sp³-hybridized carbons (Fsp3) is 0.562. The highest BCUT2D eigenvalue weighted by Crippen LogP contribution is 2.26. The third kappa shape index (κ3) is 3.38. The molecule has 0 unspecified atom stereocenters. The summed E-state index contributed by atoms with van der Waals surface area (Å²) in [4.78, 5) is 13.0. The molecule has 0 saturated carbocycles.